The zero-order valence-electron chi connectivity index (χ0n) is 15.1. The Labute approximate surface area is 128 Å². The molecule has 0 atom stereocenters. The van der Waals surface area contributed by atoms with E-state index in [1.165, 1.54) is 16.7 Å². The molecular weight excluding hydrogens is 242 g/mol. The normalized spacial score (nSPS) is 9.75. The fourth-order valence-corrected chi connectivity index (χ4v) is 2.28. The van der Waals surface area contributed by atoms with Gasteiger partial charge in [-0.2, -0.15) is 0 Å². The second-order valence-corrected chi connectivity index (χ2v) is 5.28. The third-order valence-electron chi connectivity index (χ3n) is 2.95. The molecule has 1 aromatic rings. The van der Waals surface area contributed by atoms with Gasteiger partial charge in [-0.3, -0.25) is 0 Å². The third kappa shape index (κ3) is 7.69. The summed E-state index contributed by atoms with van der Waals surface area (Å²) in [6.45, 7) is 17.8. The summed E-state index contributed by atoms with van der Waals surface area (Å²) in [6, 6.07) is 6.70. The molecule has 0 amide bonds. The van der Waals surface area contributed by atoms with Gasteiger partial charge in [0.1, 0.15) is 0 Å². The molecule has 0 unspecified atom stereocenters. The summed E-state index contributed by atoms with van der Waals surface area (Å²) in [6.07, 6.45) is 2.17. The molecule has 0 spiro atoms. The van der Waals surface area contributed by atoms with Gasteiger partial charge in [0.2, 0.25) is 0 Å². The summed E-state index contributed by atoms with van der Waals surface area (Å²) in [4.78, 5) is 0. The third-order valence-corrected chi connectivity index (χ3v) is 2.95. The molecule has 20 heavy (non-hydrogen) atoms. The molecule has 0 radical (unpaired) electrons. The maximum Gasteiger partial charge on any atom is -0.00365 e. The number of hydrogen-bond acceptors (Lipinski definition) is 1. The summed E-state index contributed by atoms with van der Waals surface area (Å²) in [5.74, 6) is 1.30. The van der Waals surface area contributed by atoms with Gasteiger partial charge < -0.3 is 5.73 Å². The van der Waals surface area contributed by atoms with Crippen LogP contribution in [-0.4, -0.2) is 6.54 Å². The number of benzene rings is 1. The lowest BCUT2D eigenvalue weighted by Gasteiger charge is -2.18. The average molecular weight is 280 g/mol. The van der Waals surface area contributed by atoms with Crippen LogP contribution in [0, 0.1) is 5.92 Å². The van der Waals surface area contributed by atoms with Gasteiger partial charge in [-0.05, 0) is 47.9 Å². The molecule has 0 aliphatic heterocycles. The molecule has 2 N–H and O–H groups in total. The number of rotatable bonds is 5. The monoisotopic (exact) mass is 279 g/mol. The SMILES string of the molecule is CC.CC.CC(C)Cc1cccc(C(C)C)c1CCN. The van der Waals surface area contributed by atoms with E-state index in [2.05, 4.69) is 45.9 Å². The molecule has 1 aromatic carbocycles. The summed E-state index contributed by atoms with van der Waals surface area (Å²) in [5.41, 5.74) is 10.2. The first-order valence-electron chi connectivity index (χ1n) is 8.37. The van der Waals surface area contributed by atoms with Gasteiger partial charge in [-0.15, -0.1) is 0 Å². The molecule has 118 valence electrons. The zero-order valence-corrected chi connectivity index (χ0v) is 15.1. The highest BCUT2D eigenvalue weighted by Crippen LogP contribution is 2.24. The minimum atomic E-state index is 0.591. The average Bonchev–Trinajstić information content (AvgIpc) is 2.44. The Bertz CT molecular complexity index is 327. The Hall–Kier alpha value is -0.820. The molecule has 0 heterocycles. The molecule has 0 aliphatic carbocycles. The van der Waals surface area contributed by atoms with E-state index in [0.29, 0.717) is 11.8 Å². The van der Waals surface area contributed by atoms with Gasteiger partial charge in [0.25, 0.3) is 0 Å². The van der Waals surface area contributed by atoms with E-state index >= 15 is 0 Å². The molecule has 1 heteroatoms. The van der Waals surface area contributed by atoms with Crippen molar-refractivity contribution in [2.75, 3.05) is 6.54 Å². The van der Waals surface area contributed by atoms with E-state index in [1.807, 2.05) is 27.7 Å². The maximum atomic E-state index is 5.73. The summed E-state index contributed by atoms with van der Waals surface area (Å²) < 4.78 is 0. The van der Waals surface area contributed by atoms with Gasteiger partial charge in [-0.25, -0.2) is 0 Å². The van der Waals surface area contributed by atoms with Gasteiger partial charge in [-0.1, -0.05) is 73.6 Å². The second kappa shape index (κ2) is 13.2. The van der Waals surface area contributed by atoms with E-state index in [0.717, 1.165) is 19.4 Å². The van der Waals surface area contributed by atoms with Crippen LogP contribution in [0.3, 0.4) is 0 Å². The largest absolute Gasteiger partial charge is 0.330 e. The highest BCUT2D eigenvalue weighted by molar-refractivity contribution is 5.37. The van der Waals surface area contributed by atoms with Crippen LogP contribution < -0.4 is 5.73 Å². The maximum absolute atomic E-state index is 5.73. The smallest absolute Gasteiger partial charge is 0.00365 e. The van der Waals surface area contributed by atoms with Gasteiger partial charge in [0.15, 0.2) is 0 Å². The van der Waals surface area contributed by atoms with Crippen molar-refractivity contribution in [3.63, 3.8) is 0 Å². The predicted molar refractivity (Wildman–Crippen MR) is 94.5 cm³/mol. The number of nitrogens with two attached hydrogens (primary N) is 1. The van der Waals surface area contributed by atoms with Gasteiger partial charge >= 0.3 is 0 Å². The lowest BCUT2D eigenvalue weighted by molar-refractivity contribution is 0.640. The quantitative estimate of drug-likeness (QED) is 0.750. The number of hydrogen-bond donors (Lipinski definition) is 1. The Kier molecular flexibility index (Phi) is 14.2. The summed E-state index contributed by atoms with van der Waals surface area (Å²) in [7, 11) is 0. The van der Waals surface area contributed by atoms with Crippen LogP contribution in [0.1, 0.15) is 78.0 Å². The van der Waals surface area contributed by atoms with E-state index < -0.39 is 0 Å². The molecule has 0 saturated heterocycles. The van der Waals surface area contributed by atoms with Crippen LogP contribution in [0.5, 0.6) is 0 Å². The summed E-state index contributed by atoms with van der Waals surface area (Å²) in [5, 5.41) is 0. The van der Waals surface area contributed by atoms with Gasteiger partial charge in [0.05, 0.1) is 0 Å². The topological polar surface area (TPSA) is 26.0 Å². The Morgan fingerprint density at radius 1 is 0.950 bits per heavy atom. The van der Waals surface area contributed by atoms with Crippen molar-refractivity contribution in [1.82, 2.24) is 0 Å². The highest BCUT2D eigenvalue weighted by Gasteiger charge is 2.11. The lowest BCUT2D eigenvalue weighted by Crippen LogP contribution is -2.10. The standard InChI is InChI=1S/C15H25N.2C2H6/c1-11(2)10-13-6-5-7-14(12(3)4)15(13)8-9-16;2*1-2/h5-7,11-12H,8-10,16H2,1-4H3;2*1-2H3. The Balaban J connectivity index is 0. The molecule has 0 bridgehead atoms. The summed E-state index contributed by atoms with van der Waals surface area (Å²) >= 11 is 0. The lowest BCUT2D eigenvalue weighted by atomic mass is 9.88. The fourth-order valence-electron chi connectivity index (χ4n) is 2.28. The van der Waals surface area contributed by atoms with Crippen molar-refractivity contribution in [3.05, 3.63) is 34.9 Å². The van der Waals surface area contributed by atoms with Crippen molar-refractivity contribution in [2.24, 2.45) is 11.7 Å². The molecule has 0 saturated carbocycles. The van der Waals surface area contributed by atoms with Crippen molar-refractivity contribution < 1.29 is 0 Å². The van der Waals surface area contributed by atoms with Crippen molar-refractivity contribution in [1.29, 1.82) is 0 Å². The van der Waals surface area contributed by atoms with Crippen molar-refractivity contribution in [2.45, 2.75) is 74.1 Å². The van der Waals surface area contributed by atoms with Crippen molar-refractivity contribution in [3.8, 4) is 0 Å². The second-order valence-electron chi connectivity index (χ2n) is 5.28. The minimum Gasteiger partial charge on any atom is -0.330 e. The highest BCUT2D eigenvalue weighted by atomic mass is 14.5. The first kappa shape index (κ1) is 21.5. The predicted octanol–water partition coefficient (Wildman–Crippen LogP) is 5.56. The molecule has 1 nitrogen and oxygen atoms in total. The minimum absolute atomic E-state index is 0.591. The van der Waals surface area contributed by atoms with E-state index in [9.17, 15) is 0 Å². The Morgan fingerprint density at radius 2 is 1.50 bits per heavy atom. The van der Waals surface area contributed by atoms with Crippen LogP contribution in [0.4, 0.5) is 0 Å². The van der Waals surface area contributed by atoms with Crippen LogP contribution in [0.15, 0.2) is 18.2 Å². The molecule has 1 rings (SSSR count). The molecule has 0 fully saturated rings. The molecular formula is C19H37N. The van der Waals surface area contributed by atoms with Crippen LogP contribution >= 0.6 is 0 Å². The van der Waals surface area contributed by atoms with Crippen LogP contribution in [-0.2, 0) is 12.8 Å². The first-order valence-corrected chi connectivity index (χ1v) is 8.37. The molecule has 0 aliphatic rings. The van der Waals surface area contributed by atoms with E-state index in [-0.39, 0.29) is 0 Å². The first-order chi connectivity index (χ1) is 9.56. The molecule has 0 aromatic heterocycles. The van der Waals surface area contributed by atoms with Crippen LogP contribution in [0.25, 0.3) is 0 Å². The fraction of sp³-hybridized carbons (Fsp3) is 0.684. The zero-order chi connectivity index (χ0) is 16.1. The van der Waals surface area contributed by atoms with E-state index in [4.69, 9.17) is 5.73 Å². The van der Waals surface area contributed by atoms with Crippen molar-refractivity contribution >= 4 is 0 Å². The van der Waals surface area contributed by atoms with E-state index in [1.54, 1.807) is 0 Å². The van der Waals surface area contributed by atoms with Crippen LogP contribution in [0.2, 0.25) is 0 Å². The van der Waals surface area contributed by atoms with Gasteiger partial charge in [0, 0.05) is 0 Å². The Morgan fingerprint density at radius 3 is 1.90 bits per heavy atom.